The summed E-state index contributed by atoms with van der Waals surface area (Å²) in [5.41, 5.74) is 1.99. The second kappa shape index (κ2) is 6.28. The third kappa shape index (κ3) is 4.03. The Morgan fingerprint density at radius 2 is 1.88 bits per heavy atom. The van der Waals surface area contributed by atoms with E-state index in [1.807, 2.05) is 43.3 Å². The molecule has 0 fully saturated rings. The number of rotatable bonds is 5. The molecule has 0 aliphatic heterocycles. The number of benzene rings is 1. The van der Waals surface area contributed by atoms with E-state index >= 15 is 0 Å². The molecule has 1 amide bonds. The van der Waals surface area contributed by atoms with Gasteiger partial charge >= 0.3 is 0 Å². The highest BCUT2D eigenvalue weighted by Gasteiger charge is 2.03. The Morgan fingerprint density at radius 1 is 1.25 bits per heavy atom. The summed E-state index contributed by atoms with van der Waals surface area (Å²) in [6.07, 6.45) is 1.00. The average Bonchev–Trinajstić information content (AvgIpc) is 2.28. The van der Waals surface area contributed by atoms with Gasteiger partial charge in [-0.1, -0.05) is 19.1 Å². The Hall–Kier alpha value is -1.35. The molecule has 0 atom stereocenters. The number of carbonyl (C=O) groups is 1. The zero-order valence-electron chi connectivity index (χ0n) is 10.3. The first-order chi connectivity index (χ1) is 7.63. The first-order valence-corrected chi connectivity index (χ1v) is 5.65. The Kier molecular flexibility index (Phi) is 4.99. The normalized spacial score (nSPS) is 10.5. The SMILES string of the molecule is CCc1ccc(C(=O)NCCN(C)C)cc1. The number of nitrogens with one attached hydrogen (secondary N) is 1. The minimum Gasteiger partial charge on any atom is -0.351 e. The van der Waals surface area contributed by atoms with Crippen molar-refractivity contribution in [3.63, 3.8) is 0 Å². The van der Waals surface area contributed by atoms with Gasteiger partial charge in [0.25, 0.3) is 5.91 Å². The zero-order chi connectivity index (χ0) is 12.0. The number of nitrogens with zero attached hydrogens (tertiary/aromatic N) is 1. The van der Waals surface area contributed by atoms with Crippen LogP contribution in [0, 0.1) is 0 Å². The molecule has 3 nitrogen and oxygen atoms in total. The maximum absolute atomic E-state index is 11.7. The maximum atomic E-state index is 11.7. The van der Waals surface area contributed by atoms with Crippen LogP contribution >= 0.6 is 0 Å². The van der Waals surface area contributed by atoms with Crippen LogP contribution in [-0.4, -0.2) is 38.0 Å². The van der Waals surface area contributed by atoms with Gasteiger partial charge in [-0.3, -0.25) is 4.79 Å². The Labute approximate surface area is 97.5 Å². The highest BCUT2D eigenvalue weighted by molar-refractivity contribution is 5.94. The van der Waals surface area contributed by atoms with E-state index in [9.17, 15) is 4.79 Å². The Bertz CT molecular complexity index is 330. The lowest BCUT2D eigenvalue weighted by atomic mass is 10.1. The van der Waals surface area contributed by atoms with Crippen molar-refractivity contribution in [1.29, 1.82) is 0 Å². The molecule has 16 heavy (non-hydrogen) atoms. The van der Waals surface area contributed by atoms with Gasteiger partial charge in [0.1, 0.15) is 0 Å². The van der Waals surface area contributed by atoms with E-state index in [0.29, 0.717) is 6.54 Å². The number of hydrogen-bond acceptors (Lipinski definition) is 2. The van der Waals surface area contributed by atoms with Crippen LogP contribution in [0.25, 0.3) is 0 Å². The molecule has 0 aromatic heterocycles. The van der Waals surface area contributed by atoms with Gasteiger partial charge in [-0.15, -0.1) is 0 Å². The third-order valence-electron chi connectivity index (χ3n) is 2.47. The van der Waals surface area contributed by atoms with Crippen LogP contribution in [0.15, 0.2) is 24.3 Å². The summed E-state index contributed by atoms with van der Waals surface area (Å²) in [6, 6.07) is 7.76. The van der Waals surface area contributed by atoms with Crippen molar-refractivity contribution in [2.24, 2.45) is 0 Å². The molecule has 0 aliphatic carbocycles. The van der Waals surface area contributed by atoms with Crippen LogP contribution in [-0.2, 0) is 6.42 Å². The van der Waals surface area contributed by atoms with E-state index in [-0.39, 0.29) is 5.91 Å². The fourth-order valence-corrected chi connectivity index (χ4v) is 1.39. The first kappa shape index (κ1) is 12.7. The van der Waals surface area contributed by atoms with Crippen molar-refractivity contribution in [3.05, 3.63) is 35.4 Å². The van der Waals surface area contributed by atoms with E-state index in [1.165, 1.54) is 5.56 Å². The molecule has 0 saturated heterocycles. The quantitative estimate of drug-likeness (QED) is 0.816. The molecular formula is C13H20N2O. The molecular weight excluding hydrogens is 200 g/mol. The lowest BCUT2D eigenvalue weighted by molar-refractivity contribution is 0.0951. The zero-order valence-corrected chi connectivity index (χ0v) is 10.3. The van der Waals surface area contributed by atoms with Crippen LogP contribution in [0.2, 0.25) is 0 Å². The van der Waals surface area contributed by atoms with Crippen LogP contribution in [0.1, 0.15) is 22.8 Å². The second-order valence-electron chi connectivity index (χ2n) is 4.11. The van der Waals surface area contributed by atoms with Crippen LogP contribution < -0.4 is 5.32 Å². The summed E-state index contributed by atoms with van der Waals surface area (Å²) < 4.78 is 0. The van der Waals surface area contributed by atoms with E-state index in [4.69, 9.17) is 0 Å². The lowest BCUT2D eigenvalue weighted by Crippen LogP contribution is -2.31. The van der Waals surface area contributed by atoms with E-state index < -0.39 is 0 Å². The number of likely N-dealkylation sites (N-methyl/N-ethyl adjacent to an activating group) is 1. The van der Waals surface area contributed by atoms with Crippen molar-refractivity contribution in [3.8, 4) is 0 Å². The van der Waals surface area contributed by atoms with Crippen LogP contribution in [0.3, 0.4) is 0 Å². The van der Waals surface area contributed by atoms with Crippen molar-refractivity contribution < 1.29 is 4.79 Å². The number of hydrogen-bond donors (Lipinski definition) is 1. The molecule has 0 radical (unpaired) electrons. The highest BCUT2D eigenvalue weighted by Crippen LogP contribution is 2.04. The highest BCUT2D eigenvalue weighted by atomic mass is 16.1. The molecule has 0 heterocycles. The first-order valence-electron chi connectivity index (χ1n) is 5.65. The molecule has 1 aromatic carbocycles. The van der Waals surface area contributed by atoms with Gasteiger partial charge in [0.2, 0.25) is 0 Å². The molecule has 0 aliphatic rings. The fraction of sp³-hybridized carbons (Fsp3) is 0.462. The molecule has 0 spiro atoms. The van der Waals surface area contributed by atoms with E-state index in [0.717, 1.165) is 18.5 Å². The molecule has 1 rings (SSSR count). The summed E-state index contributed by atoms with van der Waals surface area (Å²) >= 11 is 0. The number of aryl methyl sites for hydroxylation is 1. The maximum Gasteiger partial charge on any atom is 0.251 e. The fourth-order valence-electron chi connectivity index (χ4n) is 1.39. The molecule has 1 N–H and O–H groups in total. The summed E-state index contributed by atoms with van der Waals surface area (Å²) in [4.78, 5) is 13.7. The largest absolute Gasteiger partial charge is 0.351 e. The monoisotopic (exact) mass is 220 g/mol. The Morgan fingerprint density at radius 3 is 2.38 bits per heavy atom. The molecule has 0 unspecified atom stereocenters. The van der Waals surface area contributed by atoms with Crippen molar-refractivity contribution in [2.45, 2.75) is 13.3 Å². The minimum atomic E-state index is 0.00417. The van der Waals surface area contributed by atoms with Crippen molar-refractivity contribution in [2.75, 3.05) is 27.2 Å². The third-order valence-corrected chi connectivity index (χ3v) is 2.47. The smallest absolute Gasteiger partial charge is 0.251 e. The van der Waals surface area contributed by atoms with E-state index in [1.54, 1.807) is 0 Å². The molecule has 3 heteroatoms. The van der Waals surface area contributed by atoms with Gasteiger partial charge in [0, 0.05) is 18.7 Å². The minimum absolute atomic E-state index is 0.00417. The molecule has 0 bridgehead atoms. The topological polar surface area (TPSA) is 32.3 Å². The Balaban J connectivity index is 2.46. The van der Waals surface area contributed by atoms with Crippen LogP contribution in [0.4, 0.5) is 0 Å². The number of carbonyl (C=O) groups excluding carboxylic acids is 1. The molecule has 0 saturated carbocycles. The van der Waals surface area contributed by atoms with Gasteiger partial charge in [-0.2, -0.15) is 0 Å². The average molecular weight is 220 g/mol. The molecule has 88 valence electrons. The van der Waals surface area contributed by atoms with Gasteiger partial charge < -0.3 is 10.2 Å². The van der Waals surface area contributed by atoms with E-state index in [2.05, 4.69) is 12.2 Å². The molecule has 1 aromatic rings. The van der Waals surface area contributed by atoms with Gasteiger partial charge in [-0.05, 0) is 38.2 Å². The standard InChI is InChI=1S/C13H20N2O/c1-4-11-5-7-12(8-6-11)13(16)14-9-10-15(2)3/h5-8H,4,9-10H2,1-3H3,(H,14,16). The predicted molar refractivity (Wildman–Crippen MR) is 66.7 cm³/mol. The van der Waals surface area contributed by atoms with Crippen LogP contribution in [0.5, 0.6) is 0 Å². The summed E-state index contributed by atoms with van der Waals surface area (Å²) in [5.74, 6) is 0.00417. The lowest BCUT2D eigenvalue weighted by Gasteiger charge is -2.10. The number of amides is 1. The summed E-state index contributed by atoms with van der Waals surface area (Å²) in [5, 5.41) is 2.89. The van der Waals surface area contributed by atoms with Gasteiger partial charge in [-0.25, -0.2) is 0 Å². The van der Waals surface area contributed by atoms with Gasteiger partial charge in [0.05, 0.1) is 0 Å². The van der Waals surface area contributed by atoms with Crippen molar-refractivity contribution >= 4 is 5.91 Å². The van der Waals surface area contributed by atoms with Crippen molar-refractivity contribution in [1.82, 2.24) is 10.2 Å². The summed E-state index contributed by atoms with van der Waals surface area (Å²) in [7, 11) is 3.98. The second-order valence-corrected chi connectivity index (χ2v) is 4.11. The summed E-state index contributed by atoms with van der Waals surface area (Å²) in [6.45, 7) is 3.65. The predicted octanol–water partition coefficient (Wildman–Crippen LogP) is 1.54. The van der Waals surface area contributed by atoms with Gasteiger partial charge in [0.15, 0.2) is 0 Å².